The van der Waals surface area contributed by atoms with E-state index in [1.165, 1.54) is 0 Å². The van der Waals surface area contributed by atoms with Gasteiger partial charge in [0.1, 0.15) is 0 Å². The number of nitrogens with one attached hydrogen (secondary N) is 2. The Morgan fingerprint density at radius 3 is 2.67 bits per heavy atom. The monoisotopic (exact) mass is 358 g/mol. The SMILES string of the molecule is CCNC(=NCCC(=O)NC1CCS(=O)(=O)C1)N1CCC(C)(C)C1. The summed E-state index contributed by atoms with van der Waals surface area (Å²) in [4.78, 5) is 18.8. The zero-order chi connectivity index (χ0) is 17.8. The quantitative estimate of drug-likeness (QED) is 0.548. The zero-order valence-corrected chi connectivity index (χ0v) is 15.8. The van der Waals surface area contributed by atoms with Crippen molar-refractivity contribution in [3.05, 3.63) is 0 Å². The van der Waals surface area contributed by atoms with E-state index in [1.54, 1.807) is 0 Å². The van der Waals surface area contributed by atoms with Gasteiger partial charge in [-0.05, 0) is 25.2 Å². The second kappa shape index (κ2) is 7.72. The van der Waals surface area contributed by atoms with Crippen LogP contribution in [0.3, 0.4) is 0 Å². The lowest BCUT2D eigenvalue weighted by Gasteiger charge is -2.23. The van der Waals surface area contributed by atoms with Gasteiger partial charge in [-0.1, -0.05) is 13.8 Å². The van der Waals surface area contributed by atoms with Gasteiger partial charge in [-0.3, -0.25) is 9.79 Å². The average Bonchev–Trinajstić information content (AvgIpc) is 3.00. The number of carbonyl (C=O) groups is 1. The minimum absolute atomic E-state index is 0.0630. The molecule has 0 bridgehead atoms. The van der Waals surface area contributed by atoms with Gasteiger partial charge in [-0.25, -0.2) is 8.42 Å². The molecule has 2 heterocycles. The van der Waals surface area contributed by atoms with E-state index in [0.29, 0.717) is 18.4 Å². The first kappa shape index (κ1) is 19.0. The fraction of sp³-hybridized carbons (Fsp3) is 0.875. The Labute approximate surface area is 145 Å². The first-order chi connectivity index (χ1) is 11.2. The molecule has 0 aromatic heterocycles. The summed E-state index contributed by atoms with van der Waals surface area (Å²) >= 11 is 0. The van der Waals surface area contributed by atoms with Crippen molar-refractivity contribution in [1.82, 2.24) is 15.5 Å². The molecular formula is C16H30N4O3S. The zero-order valence-electron chi connectivity index (χ0n) is 15.0. The number of nitrogens with zero attached hydrogens (tertiary/aromatic N) is 2. The van der Waals surface area contributed by atoms with Crippen molar-refractivity contribution in [3.8, 4) is 0 Å². The van der Waals surface area contributed by atoms with Crippen LogP contribution >= 0.6 is 0 Å². The van der Waals surface area contributed by atoms with Crippen molar-refractivity contribution in [2.24, 2.45) is 10.4 Å². The van der Waals surface area contributed by atoms with Crippen molar-refractivity contribution in [2.75, 3.05) is 37.7 Å². The van der Waals surface area contributed by atoms with Crippen LogP contribution in [0.5, 0.6) is 0 Å². The Balaban J connectivity index is 1.80. The lowest BCUT2D eigenvalue weighted by molar-refractivity contribution is -0.121. The number of hydrogen-bond acceptors (Lipinski definition) is 4. The van der Waals surface area contributed by atoms with Crippen LogP contribution in [0.1, 0.15) is 40.0 Å². The third kappa shape index (κ3) is 5.65. The van der Waals surface area contributed by atoms with Gasteiger partial charge >= 0.3 is 0 Å². The van der Waals surface area contributed by atoms with Gasteiger partial charge in [0.05, 0.1) is 18.1 Å². The van der Waals surface area contributed by atoms with Crippen LogP contribution in [0.15, 0.2) is 4.99 Å². The van der Waals surface area contributed by atoms with Crippen molar-refractivity contribution < 1.29 is 13.2 Å². The number of rotatable bonds is 5. The van der Waals surface area contributed by atoms with Gasteiger partial charge in [0.2, 0.25) is 5.91 Å². The van der Waals surface area contributed by atoms with Crippen LogP contribution in [0.25, 0.3) is 0 Å². The van der Waals surface area contributed by atoms with E-state index in [0.717, 1.165) is 32.0 Å². The van der Waals surface area contributed by atoms with E-state index in [9.17, 15) is 13.2 Å². The van der Waals surface area contributed by atoms with Gasteiger partial charge in [-0.15, -0.1) is 0 Å². The fourth-order valence-electron chi connectivity index (χ4n) is 3.19. The standard InChI is InChI=1S/C16H30N4O3S/c1-4-17-15(20-9-7-16(2,3)12-20)18-8-5-14(21)19-13-6-10-24(22,23)11-13/h13H,4-12H2,1-3H3,(H,17,18)(H,19,21). The highest BCUT2D eigenvalue weighted by atomic mass is 32.2. The molecule has 2 N–H and O–H groups in total. The molecule has 2 aliphatic heterocycles. The molecule has 24 heavy (non-hydrogen) atoms. The van der Waals surface area contributed by atoms with E-state index in [4.69, 9.17) is 0 Å². The average molecular weight is 359 g/mol. The summed E-state index contributed by atoms with van der Waals surface area (Å²) in [5.74, 6) is 0.969. The highest BCUT2D eigenvalue weighted by Gasteiger charge is 2.31. The number of aliphatic imine (C=N–C) groups is 1. The molecule has 1 atom stereocenters. The lowest BCUT2D eigenvalue weighted by atomic mass is 9.93. The number of hydrogen-bond donors (Lipinski definition) is 2. The largest absolute Gasteiger partial charge is 0.357 e. The third-order valence-electron chi connectivity index (χ3n) is 4.51. The number of guanidine groups is 1. The second-order valence-electron chi connectivity index (χ2n) is 7.49. The summed E-state index contributed by atoms with van der Waals surface area (Å²) in [5, 5.41) is 6.09. The third-order valence-corrected chi connectivity index (χ3v) is 6.28. The molecule has 1 unspecified atom stereocenters. The van der Waals surface area contributed by atoms with Crippen LogP contribution in [0, 0.1) is 5.41 Å². The fourth-order valence-corrected chi connectivity index (χ4v) is 4.86. The smallest absolute Gasteiger partial charge is 0.222 e. The van der Waals surface area contributed by atoms with Crippen LogP contribution < -0.4 is 10.6 Å². The van der Waals surface area contributed by atoms with E-state index in [1.807, 2.05) is 6.92 Å². The Morgan fingerprint density at radius 2 is 2.12 bits per heavy atom. The highest BCUT2D eigenvalue weighted by Crippen LogP contribution is 2.28. The van der Waals surface area contributed by atoms with E-state index in [-0.39, 0.29) is 29.9 Å². The highest BCUT2D eigenvalue weighted by molar-refractivity contribution is 7.91. The van der Waals surface area contributed by atoms with Gasteiger partial charge < -0.3 is 15.5 Å². The molecule has 0 aromatic rings. The molecule has 7 nitrogen and oxygen atoms in total. The maximum absolute atomic E-state index is 12.0. The molecule has 0 saturated carbocycles. The summed E-state index contributed by atoms with van der Waals surface area (Å²) in [6.45, 7) is 9.67. The minimum Gasteiger partial charge on any atom is -0.357 e. The van der Waals surface area contributed by atoms with Gasteiger partial charge in [0.25, 0.3) is 0 Å². The molecule has 2 rings (SSSR count). The van der Waals surface area contributed by atoms with Crippen LogP contribution in [-0.4, -0.2) is 68.9 Å². The number of likely N-dealkylation sites (tertiary alicyclic amines) is 1. The lowest BCUT2D eigenvalue weighted by Crippen LogP contribution is -2.41. The van der Waals surface area contributed by atoms with Crippen molar-refractivity contribution in [1.29, 1.82) is 0 Å². The molecule has 0 aromatic carbocycles. The van der Waals surface area contributed by atoms with Crippen molar-refractivity contribution >= 4 is 21.7 Å². The Bertz CT molecular complexity index is 586. The molecule has 1 amide bonds. The molecule has 2 saturated heterocycles. The van der Waals surface area contributed by atoms with Crippen LogP contribution in [-0.2, 0) is 14.6 Å². The predicted octanol–water partition coefficient (Wildman–Crippen LogP) is 0.377. The number of amides is 1. The van der Waals surface area contributed by atoms with Crippen LogP contribution in [0.4, 0.5) is 0 Å². The molecular weight excluding hydrogens is 328 g/mol. The maximum atomic E-state index is 12.0. The summed E-state index contributed by atoms with van der Waals surface area (Å²) in [6.07, 6.45) is 1.93. The molecule has 0 aliphatic carbocycles. The van der Waals surface area contributed by atoms with E-state index in [2.05, 4.69) is 34.4 Å². The molecule has 2 aliphatic rings. The van der Waals surface area contributed by atoms with Gasteiger partial charge in [0.15, 0.2) is 15.8 Å². The van der Waals surface area contributed by atoms with Gasteiger partial charge in [-0.2, -0.15) is 0 Å². The number of carbonyl (C=O) groups excluding carboxylic acids is 1. The predicted molar refractivity (Wildman–Crippen MR) is 95.8 cm³/mol. The molecule has 138 valence electrons. The molecule has 0 radical (unpaired) electrons. The molecule has 0 spiro atoms. The van der Waals surface area contributed by atoms with Crippen molar-refractivity contribution in [2.45, 2.75) is 46.1 Å². The van der Waals surface area contributed by atoms with Crippen LogP contribution in [0.2, 0.25) is 0 Å². The summed E-state index contributed by atoms with van der Waals surface area (Å²) < 4.78 is 22.8. The summed E-state index contributed by atoms with van der Waals surface area (Å²) in [6, 6.07) is -0.237. The maximum Gasteiger partial charge on any atom is 0.222 e. The Morgan fingerprint density at radius 1 is 1.38 bits per heavy atom. The number of sulfone groups is 1. The van der Waals surface area contributed by atoms with E-state index >= 15 is 0 Å². The normalized spacial score (nSPS) is 25.7. The van der Waals surface area contributed by atoms with Gasteiger partial charge in [0, 0.05) is 32.1 Å². The second-order valence-corrected chi connectivity index (χ2v) is 9.72. The summed E-state index contributed by atoms with van der Waals surface area (Å²) in [7, 11) is -2.96. The molecule has 8 heteroatoms. The summed E-state index contributed by atoms with van der Waals surface area (Å²) in [5.41, 5.74) is 0.293. The minimum atomic E-state index is -2.96. The Hall–Kier alpha value is -1.31. The first-order valence-corrected chi connectivity index (χ1v) is 10.6. The van der Waals surface area contributed by atoms with Crippen molar-refractivity contribution in [3.63, 3.8) is 0 Å². The van der Waals surface area contributed by atoms with E-state index < -0.39 is 9.84 Å². The Kier molecular flexibility index (Phi) is 6.11. The first-order valence-electron chi connectivity index (χ1n) is 8.74. The topological polar surface area (TPSA) is 90.9 Å². The molecule has 2 fully saturated rings.